The van der Waals surface area contributed by atoms with Gasteiger partial charge in [-0.05, 0) is 54.6 Å². The highest BCUT2D eigenvalue weighted by Crippen LogP contribution is 2.32. The van der Waals surface area contributed by atoms with Gasteiger partial charge in [-0.15, -0.1) is 11.3 Å². The van der Waals surface area contributed by atoms with Gasteiger partial charge in [0.15, 0.2) is 0 Å². The highest BCUT2D eigenvalue weighted by molar-refractivity contribution is 7.13. The summed E-state index contributed by atoms with van der Waals surface area (Å²) in [6.45, 7) is 4.37. The van der Waals surface area contributed by atoms with E-state index in [-0.39, 0.29) is 30.7 Å². The smallest absolute Gasteiger partial charge is 0.273 e. The third-order valence-corrected chi connectivity index (χ3v) is 7.22. The lowest BCUT2D eigenvalue weighted by atomic mass is 9.94. The van der Waals surface area contributed by atoms with E-state index < -0.39 is 5.54 Å². The summed E-state index contributed by atoms with van der Waals surface area (Å²) in [6, 6.07) is 19.6. The summed E-state index contributed by atoms with van der Waals surface area (Å²) < 4.78 is 15.5. The number of aryl methyl sites for hydroxylation is 1. The van der Waals surface area contributed by atoms with Crippen LogP contribution in [0.15, 0.2) is 72.1 Å². The average molecular weight is 489 g/mol. The molecule has 0 radical (unpaired) electrons. The maximum absolute atomic E-state index is 13.9. The molecular formula is C27H25FN4O2S. The standard InChI is InChI=1S/C27H25FN4O2S/c1-18-6-3-7-19(12-18)15-29-26(34)27(2)17-32-23(14-22(30-32)24-10-5-11-35-24)25(33)31(27)16-20-8-4-9-21(28)13-20/h3-14H,15-17H2,1-2H3,(H,29,34)/t27-/m1/s1. The normalized spacial score (nSPS) is 17.3. The molecule has 2 aromatic heterocycles. The predicted octanol–water partition coefficient (Wildman–Crippen LogP) is 4.79. The van der Waals surface area contributed by atoms with Crippen LogP contribution in [0.25, 0.3) is 10.6 Å². The first-order valence-corrected chi connectivity index (χ1v) is 12.2. The second-order valence-electron chi connectivity index (χ2n) is 9.02. The first-order chi connectivity index (χ1) is 16.8. The van der Waals surface area contributed by atoms with E-state index in [9.17, 15) is 14.0 Å². The molecule has 0 spiro atoms. The van der Waals surface area contributed by atoms with Crippen molar-refractivity contribution in [2.75, 3.05) is 0 Å². The summed E-state index contributed by atoms with van der Waals surface area (Å²) in [6.07, 6.45) is 0. The van der Waals surface area contributed by atoms with Crippen molar-refractivity contribution in [3.63, 3.8) is 0 Å². The first kappa shape index (κ1) is 23.0. The van der Waals surface area contributed by atoms with E-state index in [0.717, 1.165) is 16.0 Å². The molecule has 2 amide bonds. The van der Waals surface area contributed by atoms with Crippen molar-refractivity contribution in [1.82, 2.24) is 20.0 Å². The fraction of sp³-hybridized carbons (Fsp3) is 0.222. The van der Waals surface area contributed by atoms with Gasteiger partial charge in [-0.1, -0.05) is 48.0 Å². The van der Waals surface area contributed by atoms with Crippen LogP contribution < -0.4 is 5.32 Å². The largest absolute Gasteiger partial charge is 0.350 e. The SMILES string of the molecule is Cc1cccc(CNC(=O)[C@@]2(C)Cn3nc(-c4cccs4)cc3C(=O)N2Cc2cccc(F)c2)c1. The number of carbonyl (C=O) groups excluding carboxylic acids is 2. The quantitative estimate of drug-likeness (QED) is 0.424. The molecule has 1 aliphatic heterocycles. The summed E-state index contributed by atoms with van der Waals surface area (Å²) in [4.78, 5) is 29.8. The average Bonchev–Trinajstić information content (AvgIpc) is 3.50. The van der Waals surface area contributed by atoms with Gasteiger partial charge in [0.05, 0.1) is 11.4 Å². The van der Waals surface area contributed by atoms with Crippen molar-refractivity contribution in [3.8, 4) is 10.6 Å². The van der Waals surface area contributed by atoms with Gasteiger partial charge in [0.1, 0.15) is 22.7 Å². The van der Waals surface area contributed by atoms with E-state index in [0.29, 0.717) is 23.5 Å². The van der Waals surface area contributed by atoms with Gasteiger partial charge in [-0.25, -0.2) is 4.39 Å². The zero-order chi connectivity index (χ0) is 24.6. The van der Waals surface area contributed by atoms with Crippen LogP contribution in [0.2, 0.25) is 0 Å². The molecule has 3 heterocycles. The lowest BCUT2D eigenvalue weighted by molar-refractivity contribution is -0.133. The maximum atomic E-state index is 13.9. The van der Waals surface area contributed by atoms with Crippen LogP contribution in [-0.4, -0.2) is 32.0 Å². The van der Waals surface area contributed by atoms with Crippen molar-refractivity contribution in [3.05, 3.63) is 100 Å². The van der Waals surface area contributed by atoms with E-state index in [4.69, 9.17) is 0 Å². The number of amides is 2. The Morgan fingerprint density at radius 2 is 1.91 bits per heavy atom. The first-order valence-electron chi connectivity index (χ1n) is 11.4. The molecule has 8 heteroatoms. The second kappa shape index (κ2) is 9.11. The van der Waals surface area contributed by atoms with Crippen molar-refractivity contribution >= 4 is 23.2 Å². The molecule has 5 rings (SSSR count). The zero-order valence-electron chi connectivity index (χ0n) is 19.5. The van der Waals surface area contributed by atoms with Gasteiger partial charge < -0.3 is 10.2 Å². The molecule has 35 heavy (non-hydrogen) atoms. The molecule has 6 nitrogen and oxygen atoms in total. The molecule has 0 unspecified atom stereocenters. The minimum absolute atomic E-state index is 0.102. The molecule has 0 bridgehead atoms. The highest BCUT2D eigenvalue weighted by Gasteiger charge is 2.48. The summed E-state index contributed by atoms with van der Waals surface area (Å²) in [5.74, 6) is -0.991. The fourth-order valence-corrected chi connectivity index (χ4v) is 5.13. The fourth-order valence-electron chi connectivity index (χ4n) is 4.45. The molecule has 0 fully saturated rings. The van der Waals surface area contributed by atoms with Crippen molar-refractivity contribution in [1.29, 1.82) is 0 Å². The van der Waals surface area contributed by atoms with E-state index in [1.54, 1.807) is 29.8 Å². The Morgan fingerprint density at radius 3 is 2.66 bits per heavy atom. The van der Waals surface area contributed by atoms with Crippen LogP contribution >= 0.6 is 11.3 Å². The van der Waals surface area contributed by atoms with Gasteiger partial charge in [0.2, 0.25) is 5.91 Å². The molecule has 178 valence electrons. The second-order valence-corrected chi connectivity index (χ2v) is 9.96. The minimum atomic E-state index is -1.22. The van der Waals surface area contributed by atoms with Crippen LogP contribution in [0.5, 0.6) is 0 Å². The van der Waals surface area contributed by atoms with Crippen LogP contribution in [0, 0.1) is 12.7 Å². The number of rotatable bonds is 6. The van der Waals surface area contributed by atoms with Crippen LogP contribution in [0.1, 0.15) is 34.1 Å². The van der Waals surface area contributed by atoms with Crippen molar-refractivity contribution in [2.45, 2.75) is 39.0 Å². The predicted molar refractivity (Wildman–Crippen MR) is 133 cm³/mol. The van der Waals surface area contributed by atoms with Crippen LogP contribution in [0.3, 0.4) is 0 Å². The van der Waals surface area contributed by atoms with E-state index in [2.05, 4.69) is 10.4 Å². The number of aromatic nitrogens is 2. The van der Waals surface area contributed by atoms with Gasteiger partial charge in [0, 0.05) is 13.1 Å². The highest BCUT2D eigenvalue weighted by atomic mass is 32.1. The molecule has 0 saturated carbocycles. The molecule has 0 saturated heterocycles. The van der Waals surface area contributed by atoms with E-state index >= 15 is 0 Å². The number of halogens is 1. The lowest BCUT2D eigenvalue weighted by Crippen LogP contribution is -2.63. The Kier molecular flexibility index (Phi) is 5.98. The third-order valence-electron chi connectivity index (χ3n) is 6.33. The number of thiophene rings is 1. The molecule has 1 N–H and O–H groups in total. The molecule has 4 aromatic rings. The Hall–Kier alpha value is -3.78. The van der Waals surface area contributed by atoms with Gasteiger partial charge in [-0.2, -0.15) is 5.10 Å². The van der Waals surface area contributed by atoms with E-state index in [1.807, 2.05) is 48.7 Å². The number of benzene rings is 2. The number of hydrogen-bond acceptors (Lipinski definition) is 4. The summed E-state index contributed by atoms with van der Waals surface area (Å²) in [7, 11) is 0. The summed E-state index contributed by atoms with van der Waals surface area (Å²) in [5, 5.41) is 9.60. The maximum Gasteiger partial charge on any atom is 0.273 e. The number of nitrogens with zero attached hydrogens (tertiary/aromatic N) is 3. The Labute approximate surface area is 207 Å². The lowest BCUT2D eigenvalue weighted by Gasteiger charge is -2.43. The monoisotopic (exact) mass is 488 g/mol. The van der Waals surface area contributed by atoms with Gasteiger partial charge in [0.25, 0.3) is 5.91 Å². The Morgan fingerprint density at radius 1 is 1.11 bits per heavy atom. The zero-order valence-corrected chi connectivity index (χ0v) is 20.3. The molecule has 1 aliphatic rings. The topological polar surface area (TPSA) is 67.2 Å². The van der Waals surface area contributed by atoms with Crippen LogP contribution in [-0.2, 0) is 24.4 Å². The van der Waals surface area contributed by atoms with E-state index in [1.165, 1.54) is 28.4 Å². The number of fused-ring (bicyclic) bond motifs is 1. The van der Waals surface area contributed by atoms with Crippen LogP contribution in [0.4, 0.5) is 4.39 Å². The Bertz CT molecular complexity index is 1400. The molecular weight excluding hydrogens is 463 g/mol. The number of nitrogens with one attached hydrogen (secondary N) is 1. The molecule has 0 aliphatic carbocycles. The summed E-state index contributed by atoms with van der Waals surface area (Å²) in [5.41, 5.74) is 2.57. The summed E-state index contributed by atoms with van der Waals surface area (Å²) >= 11 is 1.54. The van der Waals surface area contributed by atoms with Gasteiger partial charge in [-0.3, -0.25) is 14.3 Å². The Balaban J connectivity index is 1.49. The van der Waals surface area contributed by atoms with Crippen molar-refractivity contribution < 1.29 is 14.0 Å². The molecule has 2 aromatic carbocycles. The number of carbonyl (C=O) groups is 2. The minimum Gasteiger partial charge on any atom is -0.350 e. The third kappa shape index (κ3) is 4.49. The van der Waals surface area contributed by atoms with Crippen molar-refractivity contribution in [2.24, 2.45) is 0 Å². The number of hydrogen-bond donors (Lipinski definition) is 1. The van der Waals surface area contributed by atoms with Gasteiger partial charge >= 0.3 is 0 Å². The molecule has 1 atom stereocenters.